The van der Waals surface area contributed by atoms with Gasteiger partial charge in [-0.05, 0) is 37.1 Å². The number of hydrogen-bond donors (Lipinski definition) is 1. The molecule has 2 atom stereocenters. The van der Waals surface area contributed by atoms with Gasteiger partial charge in [-0.1, -0.05) is 11.6 Å². The predicted molar refractivity (Wildman–Crippen MR) is 71.3 cm³/mol. The molecule has 0 saturated carbocycles. The monoisotopic (exact) mass is 267 g/mol. The smallest absolute Gasteiger partial charge is 0.123 e. The molecule has 4 heteroatoms. The van der Waals surface area contributed by atoms with Gasteiger partial charge in [-0.2, -0.15) is 0 Å². The van der Waals surface area contributed by atoms with Crippen LogP contribution in [0.25, 0.3) is 0 Å². The normalized spacial score (nSPS) is 31.4. The van der Waals surface area contributed by atoms with E-state index in [1.165, 1.54) is 5.56 Å². The van der Waals surface area contributed by atoms with Crippen LogP contribution < -0.4 is 4.74 Å². The van der Waals surface area contributed by atoms with Crippen LogP contribution in [0.2, 0.25) is 5.02 Å². The van der Waals surface area contributed by atoms with E-state index in [-0.39, 0.29) is 6.10 Å². The number of halogens is 1. The van der Waals surface area contributed by atoms with E-state index in [9.17, 15) is 5.11 Å². The van der Waals surface area contributed by atoms with Crippen molar-refractivity contribution >= 4 is 11.6 Å². The Bertz CT molecular complexity index is 461. The summed E-state index contributed by atoms with van der Waals surface area (Å²) >= 11 is 5.98. The van der Waals surface area contributed by atoms with Crippen molar-refractivity contribution in [3.05, 3.63) is 28.8 Å². The fraction of sp³-hybridized carbons (Fsp3) is 0.571. The van der Waals surface area contributed by atoms with Crippen LogP contribution in [0.1, 0.15) is 18.9 Å². The zero-order valence-electron chi connectivity index (χ0n) is 10.5. The molecule has 0 bridgehead atoms. The summed E-state index contributed by atoms with van der Waals surface area (Å²) in [5.74, 6) is 0.954. The van der Waals surface area contributed by atoms with Gasteiger partial charge in [0.05, 0.1) is 5.60 Å². The van der Waals surface area contributed by atoms with Crippen molar-refractivity contribution in [1.82, 2.24) is 4.90 Å². The molecule has 3 rings (SSSR count). The van der Waals surface area contributed by atoms with E-state index in [1.54, 1.807) is 0 Å². The van der Waals surface area contributed by atoms with Gasteiger partial charge in [-0.3, -0.25) is 4.90 Å². The summed E-state index contributed by atoms with van der Waals surface area (Å²) in [4.78, 5) is 2.28. The van der Waals surface area contributed by atoms with E-state index in [4.69, 9.17) is 16.3 Å². The number of nitrogens with zero attached hydrogens (tertiary/aromatic N) is 1. The van der Waals surface area contributed by atoms with Crippen molar-refractivity contribution in [2.75, 3.05) is 19.6 Å². The van der Waals surface area contributed by atoms with Gasteiger partial charge in [0.1, 0.15) is 11.9 Å². The van der Waals surface area contributed by atoms with Crippen LogP contribution in [0.3, 0.4) is 0 Å². The zero-order valence-corrected chi connectivity index (χ0v) is 11.3. The molecule has 0 amide bonds. The number of benzene rings is 1. The van der Waals surface area contributed by atoms with Crippen molar-refractivity contribution in [2.45, 2.75) is 31.5 Å². The molecular formula is C14H18ClNO2. The average Bonchev–Trinajstić information content (AvgIpc) is 2.81. The molecule has 3 nitrogen and oxygen atoms in total. The lowest BCUT2D eigenvalue weighted by atomic mass is 10.1. The second-order valence-corrected chi connectivity index (χ2v) is 6.11. The Morgan fingerprint density at radius 2 is 2.39 bits per heavy atom. The summed E-state index contributed by atoms with van der Waals surface area (Å²) in [6, 6.07) is 5.79. The van der Waals surface area contributed by atoms with Gasteiger partial charge < -0.3 is 9.84 Å². The SMILES string of the molecule is CC1(O)CCN(CC2Cc3cc(Cl)ccc3O2)C1. The van der Waals surface area contributed by atoms with Crippen LogP contribution >= 0.6 is 11.6 Å². The van der Waals surface area contributed by atoms with Crippen LogP contribution in [0.4, 0.5) is 0 Å². The molecule has 1 aromatic rings. The molecule has 2 heterocycles. The van der Waals surface area contributed by atoms with Crippen molar-refractivity contribution in [2.24, 2.45) is 0 Å². The second-order valence-electron chi connectivity index (χ2n) is 5.68. The summed E-state index contributed by atoms with van der Waals surface area (Å²) in [6.07, 6.45) is 1.94. The molecule has 2 aliphatic rings. The van der Waals surface area contributed by atoms with Crippen molar-refractivity contribution < 1.29 is 9.84 Å². The first-order valence-corrected chi connectivity index (χ1v) is 6.79. The molecule has 1 saturated heterocycles. The number of aliphatic hydroxyl groups is 1. The Labute approximate surface area is 112 Å². The van der Waals surface area contributed by atoms with E-state index >= 15 is 0 Å². The number of rotatable bonds is 2. The van der Waals surface area contributed by atoms with E-state index in [1.807, 2.05) is 25.1 Å². The second kappa shape index (κ2) is 4.41. The van der Waals surface area contributed by atoms with Gasteiger partial charge in [0.15, 0.2) is 0 Å². The molecule has 2 aliphatic heterocycles. The number of hydrogen-bond acceptors (Lipinski definition) is 3. The molecular weight excluding hydrogens is 250 g/mol. The Balaban J connectivity index is 1.61. The molecule has 98 valence electrons. The van der Waals surface area contributed by atoms with Gasteiger partial charge in [-0.15, -0.1) is 0 Å². The summed E-state index contributed by atoms with van der Waals surface area (Å²) < 4.78 is 5.91. The van der Waals surface area contributed by atoms with Crippen LogP contribution in [0, 0.1) is 0 Å². The first-order valence-electron chi connectivity index (χ1n) is 6.42. The highest BCUT2D eigenvalue weighted by Crippen LogP contribution is 2.32. The van der Waals surface area contributed by atoms with E-state index in [0.717, 1.165) is 43.2 Å². The molecule has 0 spiro atoms. The highest BCUT2D eigenvalue weighted by atomic mass is 35.5. The quantitative estimate of drug-likeness (QED) is 0.891. The van der Waals surface area contributed by atoms with Crippen LogP contribution in [0.5, 0.6) is 5.75 Å². The predicted octanol–water partition coefficient (Wildman–Crippen LogP) is 2.10. The first kappa shape index (κ1) is 12.3. The standard InChI is InChI=1S/C14H18ClNO2/c1-14(17)4-5-16(9-14)8-12-7-10-6-11(15)2-3-13(10)18-12/h2-3,6,12,17H,4-5,7-9H2,1H3. The molecule has 0 aromatic heterocycles. The van der Waals surface area contributed by atoms with Crippen molar-refractivity contribution in [1.29, 1.82) is 0 Å². The van der Waals surface area contributed by atoms with E-state index < -0.39 is 5.60 Å². The highest BCUT2D eigenvalue weighted by Gasteiger charge is 2.34. The zero-order chi connectivity index (χ0) is 12.8. The summed E-state index contributed by atoms with van der Waals surface area (Å²) in [5, 5.41) is 10.7. The summed E-state index contributed by atoms with van der Waals surface area (Å²) in [5.41, 5.74) is 0.660. The third-order valence-corrected chi connectivity index (χ3v) is 3.99. The number of fused-ring (bicyclic) bond motifs is 1. The largest absolute Gasteiger partial charge is 0.488 e. The fourth-order valence-corrected chi connectivity index (χ4v) is 3.07. The molecule has 2 unspecified atom stereocenters. The fourth-order valence-electron chi connectivity index (χ4n) is 2.87. The van der Waals surface area contributed by atoms with Gasteiger partial charge in [0, 0.05) is 31.1 Å². The van der Waals surface area contributed by atoms with Crippen LogP contribution in [0.15, 0.2) is 18.2 Å². The third kappa shape index (κ3) is 2.48. The summed E-state index contributed by atoms with van der Waals surface area (Å²) in [6.45, 7) is 4.47. The lowest BCUT2D eigenvalue weighted by molar-refractivity contribution is 0.0629. The minimum atomic E-state index is -0.533. The van der Waals surface area contributed by atoms with E-state index in [2.05, 4.69) is 4.90 Å². The topological polar surface area (TPSA) is 32.7 Å². The maximum absolute atomic E-state index is 9.95. The molecule has 1 N–H and O–H groups in total. The van der Waals surface area contributed by atoms with Crippen molar-refractivity contribution in [3.8, 4) is 5.75 Å². The minimum absolute atomic E-state index is 0.187. The van der Waals surface area contributed by atoms with Gasteiger partial charge >= 0.3 is 0 Å². The van der Waals surface area contributed by atoms with Gasteiger partial charge in [-0.25, -0.2) is 0 Å². The number of likely N-dealkylation sites (tertiary alicyclic amines) is 1. The van der Waals surface area contributed by atoms with Crippen LogP contribution in [-0.4, -0.2) is 41.3 Å². The Morgan fingerprint density at radius 3 is 3.11 bits per heavy atom. The molecule has 18 heavy (non-hydrogen) atoms. The number of ether oxygens (including phenoxy) is 1. The Morgan fingerprint density at radius 1 is 1.56 bits per heavy atom. The van der Waals surface area contributed by atoms with Gasteiger partial charge in [0.2, 0.25) is 0 Å². The maximum Gasteiger partial charge on any atom is 0.123 e. The molecule has 0 radical (unpaired) electrons. The Hall–Kier alpha value is -0.770. The average molecular weight is 268 g/mol. The number of β-amino-alcohol motifs (C(OH)–C–C–N with tert-alkyl or cyclic N) is 1. The Kier molecular flexibility index (Phi) is 3.00. The van der Waals surface area contributed by atoms with Gasteiger partial charge in [0.25, 0.3) is 0 Å². The molecule has 1 aromatic carbocycles. The summed E-state index contributed by atoms with van der Waals surface area (Å²) in [7, 11) is 0. The lowest BCUT2D eigenvalue weighted by Crippen LogP contribution is -2.36. The first-order chi connectivity index (χ1) is 8.52. The maximum atomic E-state index is 9.95. The molecule has 0 aliphatic carbocycles. The highest BCUT2D eigenvalue weighted by molar-refractivity contribution is 6.30. The van der Waals surface area contributed by atoms with E-state index in [0.29, 0.717) is 0 Å². The van der Waals surface area contributed by atoms with Crippen LogP contribution in [-0.2, 0) is 6.42 Å². The third-order valence-electron chi connectivity index (χ3n) is 3.76. The minimum Gasteiger partial charge on any atom is -0.488 e. The molecule has 1 fully saturated rings. The lowest BCUT2D eigenvalue weighted by Gasteiger charge is -2.21. The van der Waals surface area contributed by atoms with Crippen molar-refractivity contribution in [3.63, 3.8) is 0 Å².